The SMILES string of the molecule is C/C(=C\Cl)CN1CCC(O)C(C)C1. The topological polar surface area (TPSA) is 23.5 Å². The zero-order valence-corrected chi connectivity index (χ0v) is 9.09. The molecule has 0 aromatic rings. The van der Waals surface area contributed by atoms with E-state index in [-0.39, 0.29) is 6.10 Å². The first-order valence-electron chi connectivity index (χ1n) is 4.79. The van der Waals surface area contributed by atoms with E-state index in [1.807, 2.05) is 6.92 Å². The van der Waals surface area contributed by atoms with E-state index in [9.17, 15) is 5.11 Å². The highest BCUT2D eigenvalue weighted by molar-refractivity contribution is 6.25. The second-order valence-corrected chi connectivity index (χ2v) is 4.24. The predicted molar refractivity (Wildman–Crippen MR) is 55.8 cm³/mol. The molecule has 2 unspecified atom stereocenters. The molecule has 0 radical (unpaired) electrons. The molecule has 0 spiro atoms. The molecule has 1 N–H and O–H groups in total. The van der Waals surface area contributed by atoms with E-state index in [0.717, 1.165) is 26.1 Å². The number of halogens is 1. The Morgan fingerprint density at radius 1 is 1.69 bits per heavy atom. The Hall–Kier alpha value is -0.0500. The molecule has 76 valence electrons. The Bertz CT molecular complexity index is 193. The van der Waals surface area contributed by atoms with Crippen molar-refractivity contribution in [1.29, 1.82) is 0 Å². The number of hydrogen-bond acceptors (Lipinski definition) is 2. The van der Waals surface area contributed by atoms with Gasteiger partial charge >= 0.3 is 0 Å². The van der Waals surface area contributed by atoms with Gasteiger partial charge in [-0.3, -0.25) is 4.90 Å². The van der Waals surface area contributed by atoms with Crippen LogP contribution in [0.25, 0.3) is 0 Å². The van der Waals surface area contributed by atoms with Gasteiger partial charge in [0.05, 0.1) is 6.10 Å². The quantitative estimate of drug-likeness (QED) is 0.741. The maximum Gasteiger partial charge on any atom is 0.0590 e. The first-order chi connectivity index (χ1) is 6.13. The molecule has 1 aliphatic heterocycles. The van der Waals surface area contributed by atoms with Crippen molar-refractivity contribution in [3.63, 3.8) is 0 Å². The fourth-order valence-electron chi connectivity index (χ4n) is 1.75. The third-order valence-corrected chi connectivity index (χ3v) is 2.98. The Labute approximate surface area is 85.2 Å². The Kier molecular flexibility index (Phi) is 4.23. The fourth-order valence-corrected chi connectivity index (χ4v) is 1.82. The molecule has 0 aromatic carbocycles. The molecule has 0 aliphatic carbocycles. The lowest BCUT2D eigenvalue weighted by Gasteiger charge is -2.34. The lowest BCUT2D eigenvalue weighted by atomic mass is 9.96. The van der Waals surface area contributed by atoms with Gasteiger partial charge in [0.2, 0.25) is 0 Å². The summed E-state index contributed by atoms with van der Waals surface area (Å²) in [5.74, 6) is 0.386. The van der Waals surface area contributed by atoms with Gasteiger partial charge in [0.1, 0.15) is 0 Å². The van der Waals surface area contributed by atoms with Gasteiger partial charge in [-0.2, -0.15) is 0 Å². The van der Waals surface area contributed by atoms with E-state index in [1.165, 1.54) is 5.57 Å². The van der Waals surface area contributed by atoms with Crippen LogP contribution in [0.1, 0.15) is 20.3 Å². The summed E-state index contributed by atoms with van der Waals surface area (Å²) < 4.78 is 0. The van der Waals surface area contributed by atoms with E-state index >= 15 is 0 Å². The number of nitrogens with zero attached hydrogens (tertiary/aromatic N) is 1. The summed E-state index contributed by atoms with van der Waals surface area (Å²) in [4.78, 5) is 2.34. The van der Waals surface area contributed by atoms with Crippen molar-refractivity contribution in [2.75, 3.05) is 19.6 Å². The predicted octanol–water partition coefficient (Wildman–Crippen LogP) is 1.83. The van der Waals surface area contributed by atoms with Gasteiger partial charge in [-0.05, 0) is 24.8 Å². The van der Waals surface area contributed by atoms with Gasteiger partial charge in [0.25, 0.3) is 0 Å². The smallest absolute Gasteiger partial charge is 0.0590 e. The van der Waals surface area contributed by atoms with E-state index in [1.54, 1.807) is 5.54 Å². The number of piperidine rings is 1. The molecule has 1 fully saturated rings. The van der Waals surface area contributed by atoms with E-state index in [4.69, 9.17) is 11.6 Å². The van der Waals surface area contributed by atoms with Crippen molar-refractivity contribution in [2.24, 2.45) is 5.92 Å². The lowest BCUT2D eigenvalue weighted by molar-refractivity contribution is 0.0387. The third-order valence-electron chi connectivity index (χ3n) is 2.60. The fraction of sp³-hybridized carbons (Fsp3) is 0.800. The number of likely N-dealkylation sites (tertiary alicyclic amines) is 1. The van der Waals surface area contributed by atoms with Crippen LogP contribution in [0.3, 0.4) is 0 Å². The number of hydrogen-bond donors (Lipinski definition) is 1. The molecule has 2 nitrogen and oxygen atoms in total. The van der Waals surface area contributed by atoms with Crippen LogP contribution in [0.15, 0.2) is 11.1 Å². The molecule has 1 aliphatic rings. The van der Waals surface area contributed by atoms with Crippen molar-refractivity contribution in [2.45, 2.75) is 26.4 Å². The van der Waals surface area contributed by atoms with Crippen LogP contribution in [-0.4, -0.2) is 35.7 Å². The van der Waals surface area contributed by atoms with Crippen molar-refractivity contribution in [3.8, 4) is 0 Å². The summed E-state index contributed by atoms with van der Waals surface area (Å²) in [6.07, 6.45) is 0.771. The van der Waals surface area contributed by atoms with Gasteiger partial charge in [0.15, 0.2) is 0 Å². The molecule has 2 atom stereocenters. The first kappa shape index (κ1) is 11.0. The largest absolute Gasteiger partial charge is 0.393 e. The first-order valence-corrected chi connectivity index (χ1v) is 5.23. The van der Waals surface area contributed by atoms with E-state index in [2.05, 4.69) is 11.8 Å². The molecule has 0 aromatic heterocycles. The molecule has 1 heterocycles. The second kappa shape index (κ2) is 4.99. The number of rotatable bonds is 2. The molecule has 1 rings (SSSR count). The minimum absolute atomic E-state index is 0.114. The van der Waals surface area contributed by atoms with Crippen molar-refractivity contribution in [1.82, 2.24) is 4.90 Å². The van der Waals surface area contributed by atoms with Crippen LogP contribution in [0.5, 0.6) is 0 Å². The van der Waals surface area contributed by atoms with Crippen molar-refractivity contribution < 1.29 is 5.11 Å². The summed E-state index contributed by atoms with van der Waals surface area (Å²) in [6.45, 7) is 7.01. The number of aliphatic hydroxyl groups excluding tert-OH is 1. The molecule has 13 heavy (non-hydrogen) atoms. The van der Waals surface area contributed by atoms with Gasteiger partial charge in [-0.15, -0.1) is 0 Å². The summed E-state index contributed by atoms with van der Waals surface area (Å²) in [5, 5.41) is 9.52. The van der Waals surface area contributed by atoms with Crippen LogP contribution in [-0.2, 0) is 0 Å². The lowest BCUT2D eigenvalue weighted by Crippen LogP contribution is -2.42. The van der Waals surface area contributed by atoms with Crippen LogP contribution >= 0.6 is 11.6 Å². The maximum atomic E-state index is 9.52. The Morgan fingerprint density at radius 2 is 2.38 bits per heavy atom. The second-order valence-electron chi connectivity index (χ2n) is 4.02. The highest BCUT2D eigenvalue weighted by atomic mass is 35.5. The maximum absolute atomic E-state index is 9.52. The number of aliphatic hydroxyl groups is 1. The monoisotopic (exact) mass is 203 g/mol. The average molecular weight is 204 g/mol. The van der Waals surface area contributed by atoms with Crippen LogP contribution in [0, 0.1) is 5.92 Å². The third kappa shape index (κ3) is 3.29. The molecule has 0 saturated carbocycles. The van der Waals surface area contributed by atoms with Crippen molar-refractivity contribution >= 4 is 11.6 Å². The van der Waals surface area contributed by atoms with E-state index < -0.39 is 0 Å². The summed E-state index contributed by atoms with van der Waals surface area (Å²) in [5.41, 5.74) is 2.82. The minimum atomic E-state index is -0.114. The van der Waals surface area contributed by atoms with Gasteiger partial charge in [0, 0.05) is 25.2 Å². The van der Waals surface area contributed by atoms with Crippen LogP contribution in [0.4, 0.5) is 0 Å². The highest BCUT2D eigenvalue weighted by Crippen LogP contribution is 2.17. The Balaban J connectivity index is 2.37. The minimum Gasteiger partial charge on any atom is -0.393 e. The van der Waals surface area contributed by atoms with Gasteiger partial charge in [-0.1, -0.05) is 18.5 Å². The molecule has 0 amide bonds. The zero-order valence-electron chi connectivity index (χ0n) is 8.33. The standard InChI is InChI=1S/C10H18ClNO/c1-8(5-11)6-12-4-3-10(13)9(2)7-12/h5,9-10,13H,3-4,6-7H2,1-2H3/b8-5+. The molecular formula is C10H18ClNO. The summed E-state index contributed by atoms with van der Waals surface area (Å²) in [6, 6.07) is 0. The molecular weight excluding hydrogens is 186 g/mol. The summed E-state index contributed by atoms with van der Waals surface area (Å²) >= 11 is 5.60. The normalized spacial score (nSPS) is 32.2. The zero-order chi connectivity index (χ0) is 9.84. The van der Waals surface area contributed by atoms with Crippen molar-refractivity contribution in [3.05, 3.63) is 11.1 Å². The van der Waals surface area contributed by atoms with Gasteiger partial charge < -0.3 is 5.11 Å². The van der Waals surface area contributed by atoms with E-state index in [0.29, 0.717) is 5.92 Å². The van der Waals surface area contributed by atoms with Gasteiger partial charge in [-0.25, -0.2) is 0 Å². The van der Waals surface area contributed by atoms with Crippen LogP contribution in [0.2, 0.25) is 0 Å². The molecule has 1 saturated heterocycles. The summed E-state index contributed by atoms with van der Waals surface area (Å²) in [7, 11) is 0. The Morgan fingerprint density at radius 3 is 2.92 bits per heavy atom. The highest BCUT2D eigenvalue weighted by Gasteiger charge is 2.23. The van der Waals surface area contributed by atoms with Crippen LogP contribution < -0.4 is 0 Å². The molecule has 0 bridgehead atoms. The molecule has 3 heteroatoms. The average Bonchev–Trinajstić information content (AvgIpc) is 2.11.